The first-order valence-corrected chi connectivity index (χ1v) is 8.15. The Labute approximate surface area is 146 Å². The molecule has 0 radical (unpaired) electrons. The first kappa shape index (κ1) is 16.5. The smallest absolute Gasteiger partial charge is 0.264 e. The second-order valence-corrected chi connectivity index (χ2v) is 5.54. The summed E-state index contributed by atoms with van der Waals surface area (Å²) >= 11 is 0. The Bertz CT molecular complexity index is 1020. The molecule has 1 amide bonds. The van der Waals surface area contributed by atoms with Crippen molar-refractivity contribution in [1.82, 2.24) is 9.88 Å². The number of aryl methyl sites for hydroxylation is 1. The van der Waals surface area contributed by atoms with Crippen LogP contribution in [0.5, 0.6) is 0 Å². The third-order valence-corrected chi connectivity index (χ3v) is 4.00. The summed E-state index contributed by atoms with van der Waals surface area (Å²) in [5.41, 5.74) is 2.39. The van der Waals surface area contributed by atoms with Gasteiger partial charge in [0, 0.05) is 16.9 Å². The first-order valence-electron chi connectivity index (χ1n) is 8.15. The van der Waals surface area contributed by atoms with Crippen LogP contribution in [0.25, 0.3) is 16.5 Å². The molecule has 0 unspecified atom stereocenters. The monoisotopic (exact) mass is 330 g/mol. The Balaban J connectivity index is 2.27. The van der Waals surface area contributed by atoms with Crippen molar-refractivity contribution in [2.45, 2.75) is 13.3 Å². The highest BCUT2D eigenvalue weighted by Crippen LogP contribution is 2.19. The van der Waals surface area contributed by atoms with E-state index in [0.29, 0.717) is 17.4 Å². The Kier molecular flexibility index (Phi) is 4.96. The van der Waals surface area contributed by atoms with E-state index in [1.807, 2.05) is 61.5 Å². The van der Waals surface area contributed by atoms with Crippen LogP contribution in [0.2, 0.25) is 0 Å². The van der Waals surface area contributed by atoms with Crippen molar-refractivity contribution >= 4 is 17.2 Å². The molecule has 2 aromatic carbocycles. The lowest BCUT2D eigenvalue weighted by atomic mass is 10.0. The van der Waals surface area contributed by atoms with Crippen LogP contribution in [-0.2, 0) is 11.2 Å². The molecule has 4 nitrogen and oxygen atoms in total. The molecule has 25 heavy (non-hydrogen) atoms. The molecule has 0 aliphatic carbocycles. The average Bonchev–Trinajstić information content (AvgIpc) is 2.65. The van der Waals surface area contributed by atoms with Gasteiger partial charge in [-0.25, -0.2) is 0 Å². The fourth-order valence-corrected chi connectivity index (χ4v) is 2.87. The van der Waals surface area contributed by atoms with Crippen LogP contribution >= 0.6 is 0 Å². The minimum Gasteiger partial charge on any atom is -0.348 e. The lowest BCUT2D eigenvalue weighted by Crippen LogP contribution is -2.22. The summed E-state index contributed by atoms with van der Waals surface area (Å²) in [6.45, 7) is 2.29. The molecule has 0 aliphatic heterocycles. The molecule has 1 heterocycles. The van der Waals surface area contributed by atoms with Gasteiger partial charge >= 0.3 is 0 Å². The van der Waals surface area contributed by atoms with Gasteiger partial charge in [0.25, 0.3) is 5.56 Å². The number of nitrogens with zero attached hydrogens (tertiary/aromatic N) is 1. The predicted molar refractivity (Wildman–Crippen MR) is 99.9 cm³/mol. The summed E-state index contributed by atoms with van der Waals surface area (Å²) in [4.78, 5) is 23.6. The largest absolute Gasteiger partial charge is 0.348 e. The fraction of sp³-hybridized carbons (Fsp3) is 0.143. The van der Waals surface area contributed by atoms with E-state index in [0.717, 1.165) is 23.2 Å². The zero-order valence-corrected chi connectivity index (χ0v) is 14.0. The van der Waals surface area contributed by atoms with Gasteiger partial charge < -0.3 is 5.32 Å². The van der Waals surface area contributed by atoms with E-state index in [9.17, 15) is 9.59 Å². The van der Waals surface area contributed by atoms with Gasteiger partial charge in [0.15, 0.2) is 0 Å². The van der Waals surface area contributed by atoms with Gasteiger partial charge in [-0.15, -0.1) is 0 Å². The number of pyridine rings is 1. The van der Waals surface area contributed by atoms with E-state index in [2.05, 4.69) is 17.2 Å². The van der Waals surface area contributed by atoms with E-state index >= 15 is 0 Å². The van der Waals surface area contributed by atoms with Crippen LogP contribution in [0, 0.1) is 11.8 Å². The quantitative estimate of drug-likeness (QED) is 0.454. The van der Waals surface area contributed by atoms with E-state index in [1.165, 1.54) is 0 Å². The lowest BCUT2D eigenvalue weighted by Gasteiger charge is -2.14. The van der Waals surface area contributed by atoms with E-state index in [-0.39, 0.29) is 12.1 Å². The van der Waals surface area contributed by atoms with E-state index in [1.54, 1.807) is 4.57 Å². The number of hydrogen-bond donors (Lipinski definition) is 1. The Morgan fingerprint density at radius 3 is 2.64 bits per heavy atom. The maximum atomic E-state index is 13.2. The molecule has 0 saturated carbocycles. The van der Waals surface area contributed by atoms with Crippen molar-refractivity contribution < 1.29 is 4.79 Å². The summed E-state index contributed by atoms with van der Waals surface area (Å²) in [5.74, 6) is 5.86. The standard InChI is InChI=1S/C21H18N2O2/c1-2-18-14-17-9-6-8-16(10-7-13-22-15-24)20(17)21(25)23(18)19-11-4-3-5-12-19/h3-6,8-9,11-12,14-15H,2,13H2,1H3,(H,22,24). The number of benzene rings is 2. The highest BCUT2D eigenvalue weighted by molar-refractivity contribution is 5.88. The molecule has 0 bridgehead atoms. The Morgan fingerprint density at radius 2 is 1.92 bits per heavy atom. The molecule has 0 atom stereocenters. The van der Waals surface area contributed by atoms with Crippen LogP contribution in [0.4, 0.5) is 0 Å². The van der Waals surface area contributed by atoms with Crippen LogP contribution in [0.15, 0.2) is 59.4 Å². The summed E-state index contributed by atoms with van der Waals surface area (Å²) in [6, 6.07) is 17.3. The van der Waals surface area contributed by atoms with Gasteiger partial charge in [-0.3, -0.25) is 14.2 Å². The molecule has 0 spiro atoms. The third-order valence-electron chi connectivity index (χ3n) is 4.00. The second kappa shape index (κ2) is 7.50. The Morgan fingerprint density at radius 1 is 1.12 bits per heavy atom. The van der Waals surface area contributed by atoms with Crippen LogP contribution in [-0.4, -0.2) is 17.5 Å². The molecule has 4 heteroatoms. The topological polar surface area (TPSA) is 51.1 Å². The minimum absolute atomic E-state index is 0.0752. The number of para-hydroxylation sites is 1. The molecular formula is C21H18N2O2. The molecule has 0 saturated heterocycles. The number of fused-ring (bicyclic) bond motifs is 1. The zero-order valence-electron chi connectivity index (χ0n) is 14.0. The molecule has 1 aromatic heterocycles. The Hall–Kier alpha value is -3.32. The number of amides is 1. The van der Waals surface area contributed by atoms with E-state index < -0.39 is 0 Å². The molecular weight excluding hydrogens is 312 g/mol. The first-order chi connectivity index (χ1) is 12.3. The molecule has 0 fully saturated rings. The van der Waals surface area contributed by atoms with Gasteiger partial charge in [-0.2, -0.15) is 0 Å². The van der Waals surface area contributed by atoms with Crippen molar-refractivity contribution in [1.29, 1.82) is 0 Å². The average molecular weight is 330 g/mol. The predicted octanol–water partition coefficient (Wildman–Crippen LogP) is 2.65. The van der Waals surface area contributed by atoms with Crippen molar-refractivity contribution in [3.8, 4) is 17.5 Å². The van der Waals surface area contributed by atoms with Gasteiger partial charge in [0.2, 0.25) is 6.41 Å². The van der Waals surface area contributed by atoms with Crippen molar-refractivity contribution in [3.05, 3.63) is 76.2 Å². The normalized spacial score (nSPS) is 10.1. The van der Waals surface area contributed by atoms with Gasteiger partial charge in [-0.05, 0) is 36.1 Å². The fourth-order valence-electron chi connectivity index (χ4n) is 2.87. The summed E-state index contributed by atoms with van der Waals surface area (Å²) in [7, 11) is 0. The molecule has 0 aliphatic rings. The molecule has 124 valence electrons. The number of rotatable bonds is 4. The number of nitrogens with one attached hydrogen (secondary N) is 1. The number of carbonyl (C=O) groups excluding carboxylic acids is 1. The van der Waals surface area contributed by atoms with Gasteiger partial charge in [-0.1, -0.05) is 49.1 Å². The van der Waals surface area contributed by atoms with Gasteiger partial charge in [0.1, 0.15) is 0 Å². The van der Waals surface area contributed by atoms with Gasteiger partial charge in [0.05, 0.1) is 11.9 Å². The number of aromatic nitrogens is 1. The molecule has 3 aromatic rings. The summed E-state index contributed by atoms with van der Waals surface area (Å²) in [6.07, 6.45) is 1.35. The highest BCUT2D eigenvalue weighted by Gasteiger charge is 2.12. The number of hydrogen-bond acceptors (Lipinski definition) is 2. The SMILES string of the molecule is CCc1cc2cccc(C#CCNC=O)c2c(=O)n1-c1ccccc1. The molecule has 3 rings (SSSR count). The molecule has 1 N–H and O–H groups in total. The van der Waals surface area contributed by atoms with E-state index in [4.69, 9.17) is 0 Å². The van der Waals surface area contributed by atoms with Crippen molar-refractivity contribution in [2.24, 2.45) is 0 Å². The minimum atomic E-state index is -0.0752. The second-order valence-electron chi connectivity index (χ2n) is 5.54. The highest BCUT2D eigenvalue weighted by atomic mass is 16.1. The third kappa shape index (κ3) is 3.31. The maximum absolute atomic E-state index is 13.2. The zero-order chi connectivity index (χ0) is 17.6. The number of carbonyl (C=O) groups is 1. The lowest BCUT2D eigenvalue weighted by molar-refractivity contribution is -0.109. The van der Waals surface area contributed by atoms with Crippen LogP contribution in [0.3, 0.4) is 0 Å². The maximum Gasteiger partial charge on any atom is 0.264 e. The van der Waals surface area contributed by atoms with Crippen molar-refractivity contribution in [3.63, 3.8) is 0 Å². The van der Waals surface area contributed by atoms with Crippen LogP contribution < -0.4 is 10.9 Å². The summed E-state index contributed by atoms with van der Waals surface area (Å²) < 4.78 is 1.75. The van der Waals surface area contributed by atoms with Crippen LogP contribution in [0.1, 0.15) is 18.2 Å². The summed E-state index contributed by atoms with van der Waals surface area (Å²) in [5, 5.41) is 3.98. The van der Waals surface area contributed by atoms with Crippen molar-refractivity contribution in [2.75, 3.05) is 6.54 Å².